The number of pyridine rings is 1. The third-order valence-corrected chi connectivity index (χ3v) is 2.01. The van der Waals surface area contributed by atoms with Crippen LogP contribution in [0, 0.1) is 22.7 Å². The molecule has 0 saturated heterocycles. The summed E-state index contributed by atoms with van der Waals surface area (Å²) < 4.78 is 62.4. The Morgan fingerprint density at radius 3 is 2.28 bits per heavy atom. The molecule has 1 aromatic rings. The highest BCUT2D eigenvalue weighted by molar-refractivity contribution is 5.44. The Bertz CT molecular complexity index is 536. The van der Waals surface area contributed by atoms with E-state index in [1.807, 2.05) is 0 Å². The van der Waals surface area contributed by atoms with Crippen LogP contribution in [0.3, 0.4) is 0 Å². The minimum absolute atomic E-state index is 0.129. The van der Waals surface area contributed by atoms with Crippen LogP contribution in [0.4, 0.5) is 22.0 Å². The second kappa shape index (κ2) is 4.96. The highest BCUT2D eigenvalue weighted by Crippen LogP contribution is 2.33. The van der Waals surface area contributed by atoms with Gasteiger partial charge in [-0.15, -0.1) is 0 Å². The highest BCUT2D eigenvalue weighted by atomic mass is 19.4. The van der Waals surface area contributed by atoms with E-state index in [-0.39, 0.29) is 6.07 Å². The normalized spacial score (nSPS) is 11.1. The van der Waals surface area contributed by atoms with Gasteiger partial charge >= 0.3 is 6.18 Å². The molecule has 1 heterocycles. The van der Waals surface area contributed by atoms with Gasteiger partial charge in [0.2, 0.25) is 0 Å². The first-order chi connectivity index (χ1) is 8.31. The molecule has 0 N–H and O–H groups in total. The van der Waals surface area contributed by atoms with Gasteiger partial charge in [0.25, 0.3) is 6.43 Å². The van der Waals surface area contributed by atoms with Crippen molar-refractivity contribution in [3.8, 4) is 12.1 Å². The lowest BCUT2D eigenvalue weighted by Crippen LogP contribution is -2.13. The number of rotatable bonds is 2. The lowest BCUT2D eigenvalue weighted by molar-refractivity contribution is -0.141. The van der Waals surface area contributed by atoms with Crippen LogP contribution in [0.25, 0.3) is 0 Å². The summed E-state index contributed by atoms with van der Waals surface area (Å²) in [4.78, 5) is 3.04. The van der Waals surface area contributed by atoms with Crippen LogP contribution >= 0.6 is 0 Å². The maximum absolute atomic E-state index is 12.6. The molecule has 94 valence electrons. The van der Waals surface area contributed by atoms with Crippen molar-refractivity contribution in [2.75, 3.05) is 0 Å². The fraction of sp³-hybridized carbons (Fsp3) is 0.300. The third-order valence-electron chi connectivity index (χ3n) is 2.01. The van der Waals surface area contributed by atoms with Crippen molar-refractivity contribution in [2.45, 2.75) is 19.0 Å². The first-order valence-electron chi connectivity index (χ1n) is 4.47. The van der Waals surface area contributed by atoms with Gasteiger partial charge in [-0.25, -0.2) is 13.8 Å². The number of halogens is 5. The summed E-state index contributed by atoms with van der Waals surface area (Å²) in [5.74, 6) is 0. The Morgan fingerprint density at radius 2 is 1.89 bits per heavy atom. The van der Waals surface area contributed by atoms with Crippen molar-refractivity contribution in [3.63, 3.8) is 0 Å². The van der Waals surface area contributed by atoms with Gasteiger partial charge in [0, 0.05) is 5.56 Å². The third kappa shape index (κ3) is 2.72. The summed E-state index contributed by atoms with van der Waals surface area (Å²) >= 11 is 0. The van der Waals surface area contributed by atoms with Gasteiger partial charge in [0.1, 0.15) is 11.8 Å². The maximum Gasteiger partial charge on any atom is 0.433 e. The summed E-state index contributed by atoms with van der Waals surface area (Å²) in [6.07, 6.45) is -8.81. The summed E-state index contributed by atoms with van der Waals surface area (Å²) in [7, 11) is 0. The second-order valence-electron chi connectivity index (χ2n) is 3.16. The number of nitrogens with zero attached hydrogens (tertiary/aromatic N) is 3. The number of nitriles is 2. The van der Waals surface area contributed by atoms with Gasteiger partial charge < -0.3 is 0 Å². The molecule has 0 bridgehead atoms. The Balaban J connectivity index is 3.56. The van der Waals surface area contributed by atoms with E-state index in [4.69, 9.17) is 10.5 Å². The van der Waals surface area contributed by atoms with Gasteiger partial charge in [-0.2, -0.15) is 23.7 Å². The summed E-state index contributed by atoms with van der Waals surface area (Å²) in [6.45, 7) is 0. The van der Waals surface area contributed by atoms with E-state index in [1.165, 1.54) is 12.1 Å². The lowest BCUT2D eigenvalue weighted by atomic mass is 10.0. The Kier molecular flexibility index (Phi) is 3.82. The molecule has 0 aromatic carbocycles. The lowest BCUT2D eigenvalue weighted by Gasteiger charge is -2.11. The molecular formula is C10H4F5N3. The van der Waals surface area contributed by atoms with Crippen molar-refractivity contribution in [3.05, 3.63) is 28.6 Å². The van der Waals surface area contributed by atoms with Gasteiger partial charge in [-0.05, 0) is 6.07 Å². The zero-order chi connectivity index (χ0) is 13.9. The van der Waals surface area contributed by atoms with Crippen LogP contribution < -0.4 is 0 Å². The Labute approximate surface area is 98.1 Å². The number of hydrogen-bond donors (Lipinski definition) is 0. The molecular weight excluding hydrogens is 257 g/mol. The zero-order valence-electron chi connectivity index (χ0n) is 8.59. The van der Waals surface area contributed by atoms with E-state index in [0.29, 0.717) is 0 Å². The van der Waals surface area contributed by atoms with E-state index in [2.05, 4.69) is 4.98 Å². The van der Waals surface area contributed by atoms with Gasteiger partial charge in [-0.3, -0.25) is 0 Å². The predicted octanol–water partition coefficient (Wildman–Crippen LogP) is 2.98. The fourth-order valence-electron chi connectivity index (χ4n) is 1.27. The average Bonchev–Trinajstić information content (AvgIpc) is 2.27. The average molecular weight is 261 g/mol. The fourth-order valence-corrected chi connectivity index (χ4v) is 1.27. The van der Waals surface area contributed by atoms with Crippen molar-refractivity contribution in [2.24, 2.45) is 0 Å². The second-order valence-corrected chi connectivity index (χ2v) is 3.16. The number of alkyl halides is 5. The molecule has 1 rings (SSSR count). The highest BCUT2D eigenvalue weighted by Gasteiger charge is 2.35. The molecule has 0 aliphatic carbocycles. The van der Waals surface area contributed by atoms with Crippen molar-refractivity contribution < 1.29 is 22.0 Å². The molecule has 0 saturated carbocycles. The van der Waals surface area contributed by atoms with Gasteiger partial charge in [0.05, 0.1) is 23.7 Å². The van der Waals surface area contributed by atoms with Crippen LogP contribution in [0.15, 0.2) is 6.07 Å². The number of hydrogen-bond acceptors (Lipinski definition) is 3. The molecule has 0 fully saturated rings. The Morgan fingerprint density at radius 1 is 1.28 bits per heavy atom. The Hall–Kier alpha value is -2.22. The first kappa shape index (κ1) is 13.8. The monoisotopic (exact) mass is 261 g/mol. The van der Waals surface area contributed by atoms with Crippen molar-refractivity contribution >= 4 is 0 Å². The van der Waals surface area contributed by atoms with E-state index >= 15 is 0 Å². The van der Waals surface area contributed by atoms with Crippen LogP contribution in [-0.2, 0) is 12.6 Å². The van der Waals surface area contributed by atoms with Crippen LogP contribution in [0.1, 0.15) is 28.9 Å². The molecule has 0 unspecified atom stereocenters. The van der Waals surface area contributed by atoms with Crippen LogP contribution in [0.5, 0.6) is 0 Å². The standard InChI is InChI=1S/C10H4F5N3/c11-9(12)5-3-8(10(13,14)15)18-7(1-2-16)6(5)4-17/h3,9H,1H2. The molecule has 0 radical (unpaired) electrons. The molecule has 3 nitrogen and oxygen atoms in total. The molecule has 0 aliphatic rings. The van der Waals surface area contributed by atoms with Crippen molar-refractivity contribution in [1.82, 2.24) is 4.98 Å². The minimum Gasteiger partial charge on any atom is -0.246 e. The summed E-state index contributed by atoms with van der Waals surface area (Å²) in [5.41, 5.74) is -3.88. The zero-order valence-corrected chi connectivity index (χ0v) is 8.59. The van der Waals surface area contributed by atoms with Crippen molar-refractivity contribution in [1.29, 1.82) is 10.5 Å². The number of aromatic nitrogens is 1. The molecule has 0 aliphatic heterocycles. The van der Waals surface area contributed by atoms with E-state index < -0.39 is 41.5 Å². The SMILES string of the molecule is N#CCc1nc(C(F)(F)F)cc(C(F)F)c1C#N. The largest absolute Gasteiger partial charge is 0.433 e. The topological polar surface area (TPSA) is 60.5 Å². The maximum atomic E-state index is 12.6. The molecule has 18 heavy (non-hydrogen) atoms. The van der Waals surface area contributed by atoms with E-state index in [1.54, 1.807) is 0 Å². The quantitative estimate of drug-likeness (QED) is 0.769. The predicted molar refractivity (Wildman–Crippen MR) is 48.2 cm³/mol. The molecule has 8 heteroatoms. The summed E-state index contributed by atoms with van der Waals surface area (Å²) in [5, 5.41) is 17.0. The molecule has 1 aromatic heterocycles. The smallest absolute Gasteiger partial charge is 0.246 e. The van der Waals surface area contributed by atoms with E-state index in [0.717, 1.165) is 0 Å². The van der Waals surface area contributed by atoms with Gasteiger partial charge in [-0.1, -0.05) is 0 Å². The van der Waals surface area contributed by atoms with Crippen LogP contribution in [-0.4, -0.2) is 4.98 Å². The molecule has 0 atom stereocenters. The van der Waals surface area contributed by atoms with Gasteiger partial charge in [0.15, 0.2) is 0 Å². The summed E-state index contributed by atoms with van der Waals surface area (Å²) in [6, 6.07) is 2.95. The minimum atomic E-state index is -4.91. The van der Waals surface area contributed by atoms with Crippen LogP contribution in [0.2, 0.25) is 0 Å². The first-order valence-corrected chi connectivity index (χ1v) is 4.47. The molecule has 0 spiro atoms. The van der Waals surface area contributed by atoms with E-state index in [9.17, 15) is 22.0 Å². The molecule has 0 amide bonds.